The molecule has 0 heterocycles. The fourth-order valence-electron chi connectivity index (χ4n) is 0.745. The molecule has 4 nitrogen and oxygen atoms in total. The Morgan fingerprint density at radius 2 is 1.86 bits per heavy atom. The van der Waals surface area contributed by atoms with Gasteiger partial charge in [0.05, 0.1) is 11.1 Å². The van der Waals surface area contributed by atoms with Gasteiger partial charge in [0.1, 0.15) is 0 Å². The predicted octanol–water partition coefficient (Wildman–Crippen LogP) is 0.850. The van der Waals surface area contributed by atoms with Gasteiger partial charge in [-0.1, -0.05) is 6.92 Å². The van der Waals surface area contributed by atoms with E-state index < -0.39 is 11.1 Å². The molecule has 0 aromatic heterocycles. The van der Waals surface area contributed by atoms with E-state index in [2.05, 4.69) is 10.3 Å². The van der Waals surface area contributed by atoms with Crippen molar-refractivity contribution in [3.05, 3.63) is 0 Å². The lowest BCUT2D eigenvalue weighted by Gasteiger charge is -2.38. The smallest absolute Gasteiger partial charge is 0.189 e. The minimum Gasteiger partial charge on any atom is -0.388 e. The molecule has 0 aromatic rings. The van der Waals surface area contributed by atoms with Crippen LogP contribution in [0.5, 0.6) is 0 Å². The maximum absolute atomic E-state index is 9.85. The highest BCUT2D eigenvalue weighted by atomic mass is 16.3. The van der Waals surface area contributed by atoms with Crippen molar-refractivity contribution < 1.29 is 5.11 Å². The van der Waals surface area contributed by atoms with Crippen LogP contribution in [0.25, 0.3) is 0 Å². The molecule has 0 bridgehead atoms. The normalized spacial score (nSPS) is 14.3. The average Bonchev–Trinajstić information content (AvgIpc) is 1.97. The van der Waals surface area contributed by atoms with Gasteiger partial charge in [0.15, 0.2) is 5.96 Å². The number of aliphatic imine (C=N–C) groups is 1. The van der Waals surface area contributed by atoms with Gasteiger partial charge in [-0.05, 0) is 34.1 Å². The minimum atomic E-state index is -0.848. The SMILES string of the molecule is CCCN=C(N)NC(C)(C)C(C)(C)O. The Bertz CT molecular complexity index is 204. The summed E-state index contributed by atoms with van der Waals surface area (Å²) in [6, 6.07) is 0. The number of rotatable bonds is 4. The van der Waals surface area contributed by atoms with Gasteiger partial charge in [0.2, 0.25) is 0 Å². The van der Waals surface area contributed by atoms with Crippen LogP contribution in [0.15, 0.2) is 4.99 Å². The van der Waals surface area contributed by atoms with E-state index in [-0.39, 0.29) is 0 Å². The Hall–Kier alpha value is -0.770. The quantitative estimate of drug-likeness (QED) is 0.466. The molecule has 4 heteroatoms. The van der Waals surface area contributed by atoms with Crippen molar-refractivity contribution in [3.63, 3.8) is 0 Å². The topological polar surface area (TPSA) is 70.6 Å². The summed E-state index contributed by atoms with van der Waals surface area (Å²) in [5.41, 5.74) is 4.33. The van der Waals surface area contributed by atoms with Crippen LogP contribution in [0.4, 0.5) is 0 Å². The predicted molar refractivity (Wildman–Crippen MR) is 60.3 cm³/mol. The van der Waals surface area contributed by atoms with Crippen molar-refractivity contribution in [1.82, 2.24) is 5.32 Å². The molecule has 0 aliphatic rings. The zero-order valence-electron chi connectivity index (χ0n) is 9.89. The highest BCUT2D eigenvalue weighted by Gasteiger charge is 2.35. The van der Waals surface area contributed by atoms with E-state index in [4.69, 9.17) is 5.73 Å². The molecule has 0 unspecified atom stereocenters. The van der Waals surface area contributed by atoms with Crippen molar-refractivity contribution >= 4 is 5.96 Å². The van der Waals surface area contributed by atoms with E-state index in [1.807, 2.05) is 20.8 Å². The van der Waals surface area contributed by atoms with E-state index >= 15 is 0 Å². The first-order chi connectivity index (χ1) is 6.20. The van der Waals surface area contributed by atoms with E-state index in [1.165, 1.54) is 0 Å². The third-order valence-electron chi connectivity index (χ3n) is 2.48. The Kier molecular flexibility index (Phi) is 4.39. The fourth-order valence-corrected chi connectivity index (χ4v) is 0.745. The zero-order chi connectivity index (χ0) is 11.4. The van der Waals surface area contributed by atoms with Crippen molar-refractivity contribution in [2.45, 2.75) is 52.2 Å². The lowest BCUT2D eigenvalue weighted by molar-refractivity contribution is 0.00449. The monoisotopic (exact) mass is 201 g/mol. The first kappa shape index (κ1) is 13.2. The standard InChI is InChI=1S/C10H23N3O/c1-6-7-12-8(11)13-9(2,3)10(4,5)14/h14H,6-7H2,1-5H3,(H3,11,12,13). The number of aliphatic hydroxyl groups is 1. The molecule has 0 spiro atoms. The Labute approximate surface area is 86.6 Å². The third-order valence-corrected chi connectivity index (χ3v) is 2.48. The van der Waals surface area contributed by atoms with Gasteiger partial charge >= 0.3 is 0 Å². The lowest BCUT2D eigenvalue weighted by atomic mass is 9.86. The highest BCUT2D eigenvalue weighted by Crippen LogP contribution is 2.19. The summed E-state index contributed by atoms with van der Waals surface area (Å²) in [4.78, 5) is 4.11. The van der Waals surface area contributed by atoms with Crippen LogP contribution >= 0.6 is 0 Å². The Balaban J connectivity index is 4.36. The Morgan fingerprint density at radius 3 is 2.21 bits per heavy atom. The molecule has 0 rings (SSSR count). The molecule has 84 valence electrons. The van der Waals surface area contributed by atoms with Crippen molar-refractivity contribution in [2.24, 2.45) is 10.7 Å². The van der Waals surface area contributed by atoms with E-state index in [0.717, 1.165) is 6.42 Å². The molecule has 0 radical (unpaired) electrons. The van der Waals surface area contributed by atoms with Crippen molar-refractivity contribution in [1.29, 1.82) is 0 Å². The van der Waals surface area contributed by atoms with Crippen LogP contribution < -0.4 is 11.1 Å². The summed E-state index contributed by atoms with van der Waals surface area (Å²) in [6.07, 6.45) is 0.964. The summed E-state index contributed by atoms with van der Waals surface area (Å²) in [5.74, 6) is 0.388. The summed E-state index contributed by atoms with van der Waals surface area (Å²) in [6.45, 7) is 10.0. The van der Waals surface area contributed by atoms with Gasteiger partial charge in [-0.25, -0.2) is 0 Å². The van der Waals surface area contributed by atoms with Crippen molar-refractivity contribution in [3.8, 4) is 0 Å². The number of hydrogen-bond donors (Lipinski definition) is 3. The number of hydrogen-bond acceptors (Lipinski definition) is 2. The lowest BCUT2D eigenvalue weighted by Crippen LogP contribution is -2.59. The minimum absolute atomic E-state index is 0.388. The average molecular weight is 201 g/mol. The van der Waals surface area contributed by atoms with Gasteiger partial charge in [-0.2, -0.15) is 0 Å². The van der Waals surface area contributed by atoms with Crippen LogP contribution in [0.3, 0.4) is 0 Å². The van der Waals surface area contributed by atoms with Crippen LogP contribution in [-0.2, 0) is 0 Å². The summed E-state index contributed by atoms with van der Waals surface area (Å²) < 4.78 is 0. The summed E-state index contributed by atoms with van der Waals surface area (Å²) in [7, 11) is 0. The van der Waals surface area contributed by atoms with Crippen LogP contribution in [0, 0.1) is 0 Å². The molecule has 0 atom stereocenters. The fraction of sp³-hybridized carbons (Fsp3) is 0.900. The molecule has 0 saturated carbocycles. The third kappa shape index (κ3) is 3.96. The second-order valence-corrected chi connectivity index (χ2v) is 4.58. The number of nitrogens with zero attached hydrogens (tertiary/aromatic N) is 1. The van der Waals surface area contributed by atoms with E-state index in [9.17, 15) is 5.11 Å². The Morgan fingerprint density at radius 1 is 1.36 bits per heavy atom. The number of nitrogens with one attached hydrogen (secondary N) is 1. The maximum Gasteiger partial charge on any atom is 0.189 e. The van der Waals surface area contributed by atoms with E-state index in [0.29, 0.717) is 12.5 Å². The summed E-state index contributed by atoms with van der Waals surface area (Å²) >= 11 is 0. The molecule has 0 aromatic carbocycles. The molecule has 0 aliphatic heterocycles. The van der Waals surface area contributed by atoms with Gasteiger partial charge in [-0.3, -0.25) is 4.99 Å². The van der Waals surface area contributed by atoms with Crippen LogP contribution in [0.1, 0.15) is 41.0 Å². The zero-order valence-corrected chi connectivity index (χ0v) is 9.89. The molecular weight excluding hydrogens is 178 g/mol. The van der Waals surface area contributed by atoms with Gasteiger partial charge in [0.25, 0.3) is 0 Å². The second-order valence-electron chi connectivity index (χ2n) is 4.58. The second kappa shape index (κ2) is 4.64. The van der Waals surface area contributed by atoms with E-state index in [1.54, 1.807) is 13.8 Å². The molecular formula is C10H23N3O. The number of nitrogens with two attached hydrogens (primary N) is 1. The molecule has 14 heavy (non-hydrogen) atoms. The number of guanidine groups is 1. The van der Waals surface area contributed by atoms with Gasteiger partial charge in [-0.15, -0.1) is 0 Å². The molecule has 4 N–H and O–H groups in total. The first-order valence-corrected chi connectivity index (χ1v) is 5.01. The molecule has 0 fully saturated rings. The molecule has 0 amide bonds. The molecule has 0 saturated heterocycles. The van der Waals surface area contributed by atoms with Crippen LogP contribution in [-0.4, -0.2) is 28.8 Å². The summed E-state index contributed by atoms with van der Waals surface area (Å²) in [5, 5.41) is 12.9. The largest absolute Gasteiger partial charge is 0.388 e. The van der Waals surface area contributed by atoms with Crippen LogP contribution in [0.2, 0.25) is 0 Å². The first-order valence-electron chi connectivity index (χ1n) is 5.01. The molecule has 0 aliphatic carbocycles. The highest BCUT2D eigenvalue weighted by molar-refractivity contribution is 5.78. The maximum atomic E-state index is 9.85. The van der Waals surface area contributed by atoms with Gasteiger partial charge < -0.3 is 16.2 Å². The van der Waals surface area contributed by atoms with Crippen molar-refractivity contribution in [2.75, 3.05) is 6.54 Å². The van der Waals surface area contributed by atoms with Gasteiger partial charge in [0, 0.05) is 6.54 Å².